The van der Waals surface area contributed by atoms with Crippen molar-refractivity contribution in [2.24, 2.45) is 0 Å². The number of ether oxygens (including phenoxy) is 2. The highest BCUT2D eigenvalue weighted by Crippen LogP contribution is 2.17. The highest BCUT2D eigenvalue weighted by Gasteiger charge is 2.13. The topological polar surface area (TPSA) is 93.7 Å². The molecular formula is C19H18F2N2O5. The summed E-state index contributed by atoms with van der Waals surface area (Å²) < 4.78 is 36.3. The molecular weight excluding hydrogens is 374 g/mol. The molecule has 0 bridgehead atoms. The SMILES string of the molecule is COc1ccccc1C(=O)NCCC(=O)OCC(=O)Nc1cc(F)ccc1F. The Balaban J connectivity index is 1.73. The van der Waals surface area contributed by atoms with E-state index < -0.39 is 36.0 Å². The molecule has 0 aliphatic rings. The van der Waals surface area contributed by atoms with Gasteiger partial charge in [-0.15, -0.1) is 0 Å². The van der Waals surface area contributed by atoms with E-state index in [0.29, 0.717) is 11.3 Å². The summed E-state index contributed by atoms with van der Waals surface area (Å²) in [5.41, 5.74) is -0.0417. The van der Waals surface area contributed by atoms with Gasteiger partial charge in [0.1, 0.15) is 17.4 Å². The summed E-state index contributed by atoms with van der Waals surface area (Å²) in [6, 6.07) is 9.17. The molecule has 0 unspecified atom stereocenters. The number of benzene rings is 2. The van der Waals surface area contributed by atoms with E-state index in [-0.39, 0.29) is 18.7 Å². The molecule has 0 saturated carbocycles. The zero-order chi connectivity index (χ0) is 20.5. The molecule has 7 nitrogen and oxygen atoms in total. The van der Waals surface area contributed by atoms with Crippen molar-refractivity contribution in [3.05, 3.63) is 59.7 Å². The first-order valence-corrected chi connectivity index (χ1v) is 8.22. The number of methoxy groups -OCH3 is 1. The van der Waals surface area contributed by atoms with Crippen LogP contribution in [0, 0.1) is 11.6 Å². The van der Waals surface area contributed by atoms with Crippen LogP contribution in [0.1, 0.15) is 16.8 Å². The maximum Gasteiger partial charge on any atom is 0.308 e. The number of amides is 2. The number of halogens is 2. The Kier molecular flexibility index (Phi) is 7.44. The van der Waals surface area contributed by atoms with Gasteiger partial charge in [-0.25, -0.2) is 8.78 Å². The van der Waals surface area contributed by atoms with Crippen molar-refractivity contribution < 1.29 is 32.6 Å². The fourth-order valence-electron chi connectivity index (χ4n) is 2.20. The average Bonchev–Trinajstić information content (AvgIpc) is 2.69. The van der Waals surface area contributed by atoms with Crippen LogP contribution in [-0.4, -0.2) is 38.0 Å². The van der Waals surface area contributed by atoms with E-state index >= 15 is 0 Å². The van der Waals surface area contributed by atoms with Crippen molar-refractivity contribution in [2.45, 2.75) is 6.42 Å². The molecule has 0 aliphatic carbocycles. The van der Waals surface area contributed by atoms with Gasteiger partial charge in [0.25, 0.3) is 11.8 Å². The number of para-hydroxylation sites is 1. The monoisotopic (exact) mass is 392 g/mol. The third kappa shape index (κ3) is 6.04. The van der Waals surface area contributed by atoms with E-state index in [4.69, 9.17) is 9.47 Å². The van der Waals surface area contributed by atoms with Gasteiger partial charge in [-0.05, 0) is 24.3 Å². The van der Waals surface area contributed by atoms with E-state index in [1.807, 2.05) is 0 Å². The summed E-state index contributed by atoms with van der Waals surface area (Å²) in [4.78, 5) is 35.4. The van der Waals surface area contributed by atoms with Gasteiger partial charge in [0, 0.05) is 12.6 Å². The first-order valence-electron chi connectivity index (χ1n) is 8.22. The number of carbonyl (C=O) groups excluding carboxylic acids is 3. The summed E-state index contributed by atoms with van der Waals surface area (Å²) in [5, 5.41) is 4.63. The van der Waals surface area contributed by atoms with E-state index in [1.54, 1.807) is 24.3 Å². The maximum atomic E-state index is 13.4. The molecule has 0 heterocycles. The zero-order valence-corrected chi connectivity index (χ0v) is 15.0. The van der Waals surface area contributed by atoms with E-state index in [0.717, 1.165) is 18.2 Å². The van der Waals surface area contributed by atoms with Crippen molar-refractivity contribution in [1.82, 2.24) is 5.32 Å². The molecule has 0 radical (unpaired) electrons. The third-order valence-electron chi connectivity index (χ3n) is 3.53. The van der Waals surface area contributed by atoms with E-state index in [9.17, 15) is 23.2 Å². The predicted molar refractivity (Wildman–Crippen MR) is 95.9 cm³/mol. The van der Waals surface area contributed by atoms with Gasteiger partial charge in [0.05, 0.1) is 24.8 Å². The zero-order valence-electron chi connectivity index (χ0n) is 15.0. The average molecular weight is 392 g/mol. The summed E-state index contributed by atoms with van der Waals surface area (Å²) in [6.07, 6.45) is -0.178. The van der Waals surface area contributed by atoms with Crippen LogP contribution < -0.4 is 15.4 Å². The van der Waals surface area contributed by atoms with Crippen molar-refractivity contribution in [1.29, 1.82) is 0 Å². The maximum absolute atomic E-state index is 13.4. The molecule has 9 heteroatoms. The van der Waals surface area contributed by atoms with Crippen molar-refractivity contribution in [3.8, 4) is 5.75 Å². The minimum atomic E-state index is -0.823. The predicted octanol–water partition coefficient (Wildman–Crippen LogP) is 2.28. The molecule has 2 aromatic rings. The molecule has 0 saturated heterocycles. The smallest absolute Gasteiger partial charge is 0.308 e. The summed E-state index contributed by atoms with van der Waals surface area (Å²) in [7, 11) is 1.43. The largest absolute Gasteiger partial charge is 0.496 e. The molecule has 2 amide bonds. The number of carbonyl (C=O) groups is 3. The van der Waals surface area contributed by atoms with Crippen LogP contribution in [0.3, 0.4) is 0 Å². The minimum absolute atomic E-state index is 0.0180. The Morgan fingerprint density at radius 1 is 1.07 bits per heavy atom. The molecule has 0 aliphatic heterocycles. The second-order valence-corrected chi connectivity index (χ2v) is 5.54. The molecule has 0 fully saturated rings. The fourth-order valence-corrected chi connectivity index (χ4v) is 2.20. The highest BCUT2D eigenvalue weighted by atomic mass is 19.1. The lowest BCUT2D eigenvalue weighted by Crippen LogP contribution is -2.28. The van der Waals surface area contributed by atoms with E-state index in [2.05, 4.69) is 10.6 Å². The lowest BCUT2D eigenvalue weighted by molar-refractivity contribution is -0.147. The fraction of sp³-hybridized carbons (Fsp3) is 0.211. The first-order chi connectivity index (χ1) is 13.4. The number of hydrogen-bond donors (Lipinski definition) is 2. The minimum Gasteiger partial charge on any atom is -0.496 e. The molecule has 2 aromatic carbocycles. The van der Waals surface area contributed by atoms with Gasteiger partial charge in [0.15, 0.2) is 6.61 Å². The number of nitrogens with one attached hydrogen (secondary N) is 2. The summed E-state index contributed by atoms with van der Waals surface area (Å²) >= 11 is 0. The van der Waals surface area contributed by atoms with Crippen LogP contribution in [0.5, 0.6) is 5.75 Å². The quantitative estimate of drug-likeness (QED) is 0.673. The van der Waals surface area contributed by atoms with Crippen LogP contribution in [0.2, 0.25) is 0 Å². The Bertz CT molecular complexity index is 873. The number of esters is 1. The number of hydrogen-bond acceptors (Lipinski definition) is 5. The molecule has 2 rings (SSSR count). The van der Waals surface area contributed by atoms with Crippen LogP contribution in [-0.2, 0) is 14.3 Å². The lowest BCUT2D eigenvalue weighted by atomic mass is 10.2. The van der Waals surface area contributed by atoms with Gasteiger partial charge in [-0.3, -0.25) is 14.4 Å². The standard InChI is InChI=1S/C19H18F2N2O5/c1-27-16-5-3-2-4-13(16)19(26)22-9-8-18(25)28-11-17(24)23-15-10-12(20)6-7-14(15)21/h2-7,10H,8-9,11H2,1H3,(H,22,26)(H,23,24). The van der Waals surface area contributed by atoms with Crippen molar-refractivity contribution in [2.75, 3.05) is 25.6 Å². The van der Waals surface area contributed by atoms with Crippen LogP contribution in [0.25, 0.3) is 0 Å². The second kappa shape index (κ2) is 10.0. The normalized spacial score (nSPS) is 10.1. The third-order valence-corrected chi connectivity index (χ3v) is 3.53. The second-order valence-electron chi connectivity index (χ2n) is 5.54. The summed E-state index contributed by atoms with van der Waals surface area (Å²) in [5.74, 6) is -3.14. The molecule has 2 N–H and O–H groups in total. The van der Waals surface area contributed by atoms with Gasteiger partial charge in [0.2, 0.25) is 0 Å². The first kappa shape index (κ1) is 20.8. The van der Waals surface area contributed by atoms with Crippen LogP contribution in [0.15, 0.2) is 42.5 Å². The number of anilines is 1. The van der Waals surface area contributed by atoms with Crippen molar-refractivity contribution in [3.63, 3.8) is 0 Å². The number of rotatable bonds is 8. The Morgan fingerprint density at radius 3 is 2.57 bits per heavy atom. The van der Waals surface area contributed by atoms with Gasteiger partial charge >= 0.3 is 5.97 Å². The van der Waals surface area contributed by atoms with E-state index in [1.165, 1.54) is 7.11 Å². The van der Waals surface area contributed by atoms with Crippen molar-refractivity contribution >= 4 is 23.5 Å². The Morgan fingerprint density at radius 2 is 1.82 bits per heavy atom. The van der Waals surface area contributed by atoms with Gasteiger partial charge < -0.3 is 20.1 Å². The molecule has 28 heavy (non-hydrogen) atoms. The Hall–Kier alpha value is -3.49. The Labute approximate surface area is 159 Å². The van der Waals surface area contributed by atoms with Crippen LogP contribution in [0.4, 0.5) is 14.5 Å². The van der Waals surface area contributed by atoms with Gasteiger partial charge in [-0.1, -0.05) is 12.1 Å². The van der Waals surface area contributed by atoms with Crippen LogP contribution >= 0.6 is 0 Å². The molecule has 148 valence electrons. The molecule has 0 spiro atoms. The molecule has 0 aromatic heterocycles. The van der Waals surface area contributed by atoms with Gasteiger partial charge in [-0.2, -0.15) is 0 Å². The molecule has 0 atom stereocenters. The summed E-state index contributed by atoms with van der Waals surface area (Å²) in [6.45, 7) is -0.689. The highest BCUT2D eigenvalue weighted by molar-refractivity contribution is 5.97. The lowest BCUT2D eigenvalue weighted by Gasteiger charge is -2.09.